The normalized spacial score (nSPS) is 13.6. The molecule has 0 aliphatic heterocycles. The zero-order chi connectivity index (χ0) is 17.4. The van der Waals surface area contributed by atoms with Crippen molar-refractivity contribution in [1.82, 2.24) is 14.7 Å². The van der Waals surface area contributed by atoms with Crippen LogP contribution < -0.4 is 10.2 Å². The number of fused-ring (bicyclic) bond motifs is 1. The lowest BCUT2D eigenvalue weighted by atomic mass is 10.2. The van der Waals surface area contributed by atoms with Crippen LogP contribution in [-0.2, 0) is 0 Å². The third-order valence-electron chi connectivity index (χ3n) is 4.31. The molecule has 0 radical (unpaired) electrons. The van der Waals surface area contributed by atoms with Crippen LogP contribution in [0.4, 0.5) is 5.69 Å². The van der Waals surface area contributed by atoms with Gasteiger partial charge < -0.3 is 10.2 Å². The van der Waals surface area contributed by atoms with Crippen LogP contribution in [0.5, 0.6) is 0 Å². The molecule has 3 aromatic rings. The zero-order valence-electron chi connectivity index (χ0n) is 13.8. The van der Waals surface area contributed by atoms with Crippen molar-refractivity contribution < 1.29 is 9.59 Å². The molecule has 2 heterocycles. The van der Waals surface area contributed by atoms with Crippen LogP contribution >= 0.6 is 0 Å². The molecule has 0 bridgehead atoms. The molecule has 6 nitrogen and oxygen atoms in total. The van der Waals surface area contributed by atoms with Gasteiger partial charge in [0.05, 0.1) is 5.52 Å². The molecule has 1 N–H and O–H groups in total. The maximum Gasteiger partial charge on any atom is 0.287 e. The Kier molecular flexibility index (Phi) is 3.72. The van der Waals surface area contributed by atoms with E-state index in [1.807, 2.05) is 42.5 Å². The Hall–Kier alpha value is -3.15. The van der Waals surface area contributed by atoms with Gasteiger partial charge in [0.25, 0.3) is 11.8 Å². The molecular weight excluding hydrogens is 316 g/mol. The number of pyridine rings is 1. The van der Waals surface area contributed by atoms with E-state index in [4.69, 9.17) is 0 Å². The minimum absolute atomic E-state index is 0.231. The van der Waals surface area contributed by atoms with E-state index in [0.717, 1.165) is 18.5 Å². The van der Waals surface area contributed by atoms with E-state index in [1.165, 1.54) is 4.90 Å². The first-order valence-corrected chi connectivity index (χ1v) is 8.26. The fourth-order valence-corrected chi connectivity index (χ4v) is 2.76. The van der Waals surface area contributed by atoms with Gasteiger partial charge in [-0.15, -0.1) is 0 Å². The highest BCUT2D eigenvalue weighted by molar-refractivity contribution is 6.10. The SMILES string of the molecule is CN(C(=O)c1nc(C(=O)NC2CC2)n2ccccc12)c1ccccc1. The van der Waals surface area contributed by atoms with E-state index in [1.54, 1.807) is 23.7 Å². The van der Waals surface area contributed by atoms with Crippen molar-refractivity contribution in [2.75, 3.05) is 11.9 Å². The van der Waals surface area contributed by atoms with Gasteiger partial charge in [-0.25, -0.2) is 4.98 Å². The fourth-order valence-electron chi connectivity index (χ4n) is 2.76. The van der Waals surface area contributed by atoms with E-state index < -0.39 is 0 Å². The third-order valence-corrected chi connectivity index (χ3v) is 4.31. The topological polar surface area (TPSA) is 66.7 Å². The van der Waals surface area contributed by atoms with Gasteiger partial charge in [-0.3, -0.25) is 14.0 Å². The van der Waals surface area contributed by atoms with Gasteiger partial charge in [-0.05, 0) is 37.1 Å². The summed E-state index contributed by atoms with van der Waals surface area (Å²) in [6, 6.07) is 15.0. The van der Waals surface area contributed by atoms with Crippen LogP contribution in [0.2, 0.25) is 0 Å². The Bertz CT molecular complexity index is 944. The molecule has 6 heteroatoms. The van der Waals surface area contributed by atoms with Crippen LogP contribution in [0.1, 0.15) is 33.9 Å². The number of aromatic nitrogens is 2. The molecule has 25 heavy (non-hydrogen) atoms. The van der Waals surface area contributed by atoms with Crippen LogP contribution in [-0.4, -0.2) is 34.3 Å². The predicted molar refractivity (Wildman–Crippen MR) is 94.9 cm³/mol. The first-order chi connectivity index (χ1) is 12.1. The minimum Gasteiger partial charge on any atom is -0.347 e. The van der Waals surface area contributed by atoms with Crippen molar-refractivity contribution in [3.05, 3.63) is 66.2 Å². The molecule has 0 atom stereocenters. The minimum atomic E-state index is -0.250. The lowest BCUT2D eigenvalue weighted by Crippen LogP contribution is -2.28. The number of nitrogens with one attached hydrogen (secondary N) is 1. The second-order valence-corrected chi connectivity index (χ2v) is 6.19. The maximum absolute atomic E-state index is 12.9. The molecule has 1 aromatic carbocycles. The van der Waals surface area contributed by atoms with Crippen molar-refractivity contribution in [3.8, 4) is 0 Å². The number of imidazole rings is 1. The van der Waals surface area contributed by atoms with Gasteiger partial charge in [0.15, 0.2) is 5.69 Å². The summed E-state index contributed by atoms with van der Waals surface area (Å²) in [5, 5.41) is 2.93. The highest BCUT2D eigenvalue weighted by atomic mass is 16.2. The van der Waals surface area contributed by atoms with Gasteiger partial charge in [0.2, 0.25) is 5.82 Å². The summed E-state index contributed by atoms with van der Waals surface area (Å²) in [5.74, 6) is -0.252. The van der Waals surface area contributed by atoms with Crippen molar-refractivity contribution in [2.24, 2.45) is 0 Å². The van der Waals surface area contributed by atoms with Gasteiger partial charge in [0.1, 0.15) is 0 Å². The van der Waals surface area contributed by atoms with E-state index in [9.17, 15) is 9.59 Å². The largest absolute Gasteiger partial charge is 0.347 e. The molecule has 0 spiro atoms. The molecule has 2 amide bonds. The number of hydrogen-bond donors (Lipinski definition) is 1. The Morgan fingerprint density at radius 3 is 2.56 bits per heavy atom. The molecule has 1 aliphatic carbocycles. The van der Waals surface area contributed by atoms with E-state index in [0.29, 0.717) is 5.52 Å². The van der Waals surface area contributed by atoms with E-state index in [2.05, 4.69) is 10.3 Å². The van der Waals surface area contributed by atoms with Crippen molar-refractivity contribution in [3.63, 3.8) is 0 Å². The summed E-state index contributed by atoms with van der Waals surface area (Å²) in [6.45, 7) is 0. The van der Waals surface area contributed by atoms with Gasteiger partial charge >= 0.3 is 0 Å². The first kappa shape index (κ1) is 15.4. The Labute approximate surface area is 145 Å². The molecule has 0 unspecified atom stereocenters. The molecular formula is C19H18N4O2. The molecule has 2 aromatic heterocycles. The average molecular weight is 334 g/mol. The van der Waals surface area contributed by atoms with E-state index >= 15 is 0 Å². The number of carbonyl (C=O) groups excluding carboxylic acids is 2. The van der Waals surface area contributed by atoms with Crippen LogP contribution in [0, 0.1) is 0 Å². The predicted octanol–water partition coefficient (Wildman–Crippen LogP) is 2.50. The molecule has 1 aliphatic rings. The second kappa shape index (κ2) is 6.05. The smallest absolute Gasteiger partial charge is 0.287 e. The Balaban J connectivity index is 1.74. The number of anilines is 1. The zero-order valence-corrected chi connectivity index (χ0v) is 13.8. The number of amides is 2. The number of benzene rings is 1. The first-order valence-electron chi connectivity index (χ1n) is 8.26. The average Bonchev–Trinajstić information content (AvgIpc) is 3.38. The van der Waals surface area contributed by atoms with Gasteiger partial charge in [-0.1, -0.05) is 24.3 Å². The molecule has 1 fully saturated rings. The van der Waals surface area contributed by atoms with Crippen molar-refractivity contribution in [2.45, 2.75) is 18.9 Å². The number of carbonyl (C=O) groups is 2. The number of nitrogens with zero attached hydrogens (tertiary/aromatic N) is 3. The van der Waals surface area contributed by atoms with Crippen LogP contribution in [0.15, 0.2) is 54.7 Å². The summed E-state index contributed by atoms with van der Waals surface area (Å²) >= 11 is 0. The van der Waals surface area contributed by atoms with Gasteiger partial charge in [-0.2, -0.15) is 0 Å². The lowest BCUT2D eigenvalue weighted by Gasteiger charge is -2.16. The van der Waals surface area contributed by atoms with Crippen LogP contribution in [0.3, 0.4) is 0 Å². The standard InChI is InChI=1S/C19H18N4O2/c1-22(14-7-3-2-4-8-14)19(25)16-15-9-5-6-12-23(15)17(21-16)18(24)20-13-10-11-13/h2-9,12-13H,10-11H2,1H3,(H,20,24). The summed E-state index contributed by atoms with van der Waals surface area (Å²) in [5.41, 5.74) is 1.66. The Morgan fingerprint density at radius 2 is 1.84 bits per heavy atom. The summed E-state index contributed by atoms with van der Waals surface area (Å²) < 4.78 is 1.67. The lowest BCUT2D eigenvalue weighted by molar-refractivity contribution is 0.0940. The quantitative estimate of drug-likeness (QED) is 0.797. The third kappa shape index (κ3) is 2.87. The number of rotatable bonds is 4. The number of para-hydroxylation sites is 1. The molecule has 4 rings (SSSR count). The fraction of sp³-hybridized carbons (Fsp3) is 0.211. The molecule has 0 saturated heterocycles. The highest BCUT2D eigenvalue weighted by Crippen LogP contribution is 2.21. The summed E-state index contributed by atoms with van der Waals surface area (Å²) in [4.78, 5) is 31.3. The Morgan fingerprint density at radius 1 is 1.12 bits per heavy atom. The van der Waals surface area contributed by atoms with Gasteiger partial charge in [0, 0.05) is 25.0 Å². The van der Waals surface area contributed by atoms with Crippen molar-refractivity contribution in [1.29, 1.82) is 0 Å². The monoisotopic (exact) mass is 334 g/mol. The molecule has 1 saturated carbocycles. The van der Waals surface area contributed by atoms with Crippen molar-refractivity contribution >= 4 is 23.0 Å². The summed E-state index contributed by atoms with van der Waals surface area (Å²) in [6.07, 6.45) is 3.75. The van der Waals surface area contributed by atoms with E-state index in [-0.39, 0.29) is 29.4 Å². The number of hydrogen-bond acceptors (Lipinski definition) is 3. The highest BCUT2D eigenvalue weighted by Gasteiger charge is 2.28. The maximum atomic E-state index is 12.9. The van der Waals surface area contributed by atoms with Crippen LogP contribution in [0.25, 0.3) is 5.52 Å². The molecule has 126 valence electrons. The second-order valence-electron chi connectivity index (χ2n) is 6.19. The summed E-state index contributed by atoms with van der Waals surface area (Å²) in [7, 11) is 1.70.